The Hall–Kier alpha value is -1.73. The number of aromatic nitrogens is 2. The molecule has 102 valence electrons. The van der Waals surface area contributed by atoms with E-state index in [9.17, 15) is 4.79 Å². The Bertz CT molecular complexity index is 472. The van der Waals surface area contributed by atoms with Gasteiger partial charge in [0.25, 0.3) is 0 Å². The van der Waals surface area contributed by atoms with E-state index in [2.05, 4.69) is 15.3 Å². The molecule has 19 heavy (non-hydrogen) atoms. The number of nitrogens with zero attached hydrogens (tertiary/aromatic N) is 3. The Kier molecular flexibility index (Phi) is 3.31. The zero-order valence-electron chi connectivity index (χ0n) is 10.7. The fraction of sp³-hybridized carbons (Fsp3) is 0.583. The molecule has 2 saturated heterocycles. The molecule has 1 N–H and O–H groups in total. The number of carbonyl (C=O) groups is 1. The highest BCUT2D eigenvalue weighted by Crippen LogP contribution is 2.23. The maximum Gasteiger partial charge on any atom is 0.343 e. The summed E-state index contributed by atoms with van der Waals surface area (Å²) in [5, 5.41) is 3.49. The van der Waals surface area contributed by atoms with Gasteiger partial charge in [0.05, 0.1) is 26.4 Å². The molecule has 2 aliphatic rings. The van der Waals surface area contributed by atoms with Crippen LogP contribution in [0.5, 0.6) is 0 Å². The number of esters is 1. The van der Waals surface area contributed by atoms with E-state index >= 15 is 0 Å². The van der Waals surface area contributed by atoms with Crippen LogP contribution >= 0.6 is 0 Å². The van der Waals surface area contributed by atoms with Crippen LogP contribution in [0.15, 0.2) is 12.5 Å². The number of anilines is 1. The molecule has 3 rings (SSSR count). The van der Waals surface area contributed by atoms with Crippen LogP contribution in [-0.4, -0.2) is 61.4 Å². The van der Waals surface area contributed by atoms with Gasteiger partial charge in [-0.1, -0.05) is 0 Å². The van der Waals surface area contributed by atoms with Gasteiger partial charge in [0.15, 0.2) is 0 Å². The first-order valence-corrected chi connectivity index (χ1v) is 6.25. The molecule has 0 radical (unpaired) electrons. The normalized spacial score (nSPS) is 19.7. The van der Waals surface area contributed by atoms with Gasteiger partial charge in [-0.25, -0.2) is 14.8 Å². The quantitative estimate of drug-likeness (QED) is 0.730. The van der Waals surface area contributed by atoms with Gasteiger partial charge < -0.3 is 19.7 Å². The van der Waals surface area contributed by atoms with Crippen molar-refractivity contribution in [3.05, 3.63) is 18.1 Å². The molecule has 0 atom stereocenters. The zero-order valence-corrected chi connectivity index (χ0v) is 10.7. The lowest BCUT2D eigenvalue weighted by Crippen LogP contribution is -2.64. The predicted molar refractivity (Wildman–Crippen MR) is 67.1 cm³/mol. The Labute approximate surface area is 110 Å². The largest absolute Gasteiger partial charge is 0.465 e. The number of ether oxygens (including phenoxy) is 2. The topological polar surface area (TPSA) is 76.6 Å². The van der Waals surface area contributed by atoms with Gasteiger partial charge in [-0.15, -0.1) is 0 Å². The lowest BCUT2D eigenvalue weighted by atomic mass is 10.1. The molecule has 0 amide bonds. The summed E-state index contributed by atoms with van der Waals surface area (Å²) < 4.78 is 9.86. The van der Waals surface area contributed by atoms with Crippen molar-refractivity contribution >= 4 is 11.8 Å². The summed E-state index contributed by atoms with van der Waals surface area (Å²) in [4.78, 5) is 21.7. The van der Waals surface area contributed by atoms with E-state index in [0.717, 1.165) is 26.3 Å². The van der Waals surface area contributed by atoms with Crippen molar-refractivity contribution in [2.75, 3.05) is 38.3 Å². The summed E-state index contributed by atoms with van der Waals surface area (Å²) in [5.74, 6) is 0.240. The minimum absolute atomic E-state index is 0.403. The molecule has 2 aliphatic heterocycles. The van der Waals surface area contributed by atoms with Gasteiger partial charge in [0.2, 0.25) is 0 Å². The summed E-state index contributed by atoms with van der Waals surface area (Å²) >= 11 is 0. The van der Waals surface area contributed by atoms with Gasteiger partial charge in [-0.2, -0.15) is 0 Å². The van der Waals surface area contributed by atoms with Crippen LogP contribution in [0, 0.1) is 0 Å². The van der Waals surface area contributed by atoms with Crippen LogP contribution in [0.25, 0.3) is 0 Å². The van der Waals surface area contributed by atoms with E-state index in [0.29, 0.717) is 23.5 Å². The van der Waals surface area contributed by atoms with Crippen LogP contribution in [0.2, 0.25) is 0 Å². The standard InChI is InChI=1S/C12H16N4O3/c1-18-12(17)10-2-13-7-14-11(10)16-3-8(4-16)15-9-5-19-6-9/h2,7-9,15H,3-6H2,1H3. The minimum Gasteiger partial charge on any atom is -0.465 e. The summed E-state index contributed by atoms with van der Waals surface area (Å²) in [6, 6.07) is 0.895. The Morgan fingerprint density at radius 1 is 1.47 bits per heavy atom. The summed E-state index contributed by atoms with van der Waals surface area (Å²) in [6.45, 7) is 3.24. The molecule has 0 spiro atoms. The first kappa shape index (κ1) is 12.3. The molecule has 1 aromatic heterocycles. The van der Waals surface area contributed by atoms with E-state index in [1.807, 2.05) is 4.90 Å². The van der Waals surface area contributed by atoms with E-state index in [-0.39, 0.29) is 0 Å². The first-order valence-electron chi connectivity index (χ1n) is 6.25. The lowest BCUT2D eigenvalue weighted by Gasteiger charge is -2.44. The SMILES string of the molecule is COC(=O)c1cncnc1N1CC(NC2COC2)C1. The lowest BCUT2D eigenvalue weighted by molar-refractivity contribution is -0.0114. The van der Waals surface area contributed by atoms with Crippen molar-refractivity contribution in [3.63, 3.8) is 0 Å². The van der Waals surface area contributed by atoms with Crippen LogP contribution in [0.3, 0.4) is 0 Å². The molecule has 0 unspecified atom stereocenters. The average molecular weight is 264 g/mol. The van der Waals surface area contributed by atoms with E-state index in [1.165, 1.54) is 19.6 Å². The molecule has 7 heteroatoms. The molecule has 0 aromatic carbocycles. The highest BCUT2D eigenvalue weighted by molar-refractivity contribution is 5.94. The molecular weight excluding hydrogens is 248 g/mol. The molecule has 1 aromatic rings. The van der Waals surface area contributed by atoms with Crippen molar-refractivity contribution in [1.29, 1.82) is 0 Å². The first-order chi connectivity index (χ1) is 9.28. The van der Waals surface area contributed by atoms with Crippen LogP contribution in [0.4, 0.5) is 5.82 Å². The molecule has 0 bridgehead atoms. The van der Waals surface area contributed by atoms with Gasteiger partial charge in [0, 0.05) is 25.3 Å². The Morgan fingerprint density at radius 3 is 2.89 bits per heavy atom. The highest BCUT2D eigenvalue weighted by Gasteiger charge is 2.33. The highest BCUT2D eigenvalue weighted by atomic mass is 16.5. The fourth-order valence-electron chi connectivity index (χ4n) is 2.25. The van der Waals surface area contributed by atoms with Crippen molar-refractivity contribution in [2.24, 2.45) is 0 Å². The monoisotopic (exact) mass is 264 g/mol. The maximum atomic E-state index is 11.6. The third-order valence-corrected chi connectivity index (χ3v) is 3.39. The Morgan fingerprint density at radius 2 is 2.26 bits per heavy atom. The van der Waals surface area contributed by atoms with Crippen LogP contribution in [-0.2, 0) is 9.47 Å². The van der Waals surface area contributed by atoms with Gasteiger partial charge in [-0.3, -0.25) is 0 Å². The third kappa shape index (κ3) is 2.39. The molecular formula is C12H16N4O3. The fourth-order valence-corrected chi connectivity index (χ4v) is 2.25. The Balaban J connectivity index is 1.62. The zero-order chi connectivity index (χ0) is 13.2. The number of rotatable bonds is 4. The number of nitrogens with one attached hydrogen (secondary N) is 1. The molecule has 0 saturated carbocycles. The summed E-state index contributed by atoms with van der Waals surface area (Å²) in [7, 11) is 1.36. The van der Waals surface area contributed by atoms with Gasteiger partial charge in [-0.05, 0) is 0 Å². The van der Waals surface area contributed by atoms with Gasteiger partial charge in [0.1, 0.15) is 17.7 Å². The van der Waals surface area contributed by atoms with E-state index in [4.69, 9.17) is 9.47 Å². The molecule has 0 aliphatic carbocycles. The number of hydrogen-bond acceptors (Lipinski definition) is 7. The second-order valence-electron chi connectivity index (χ2n) is 4.75. The van der Waals surface area contributed by atoms with E-state index in [1.54, 1.807) is 0 Å². The third-order valence-electron chi connectivity index (χ3n) is 3.39. The van der Waals surface area contributed by atoms with Crippen LogP contribution in [0.1, 0.15) is 10.4 Å². The summed E-state index contributed by atoms with van der Waals surface area (Å²) in [5.41, 5.74) is 0.412. The van der Waals surface area contributed by atoms with Crippen LogP contribution < -0.4 is 10.2 Å². The minimum atomic E-state index is -0.403. The van der Waals surface area contributed by atoms with Crippen molar-refractivity contribution < 1.29 is 14.3 Å². The smallest absolute Gasteiger partial charge is 0.343 e. The van der Waals surface area contributed by atoms with Crippen molar-refractivity contribution in [1.82, 2.24) is 15.3 Å². The predicted octanol–water partition coefficient (Wildman–Crippen LogP) is -0.560. The number of hydrogen-bond donors (Lipinski definition) is 1. The van der Waals surface area contributed by atoms with Crippen molar-refractivity contribution in [3.8, 4) is 0 Å². The average Bonchev–Trinajstić information content (AvgIpc) is 2.34. The number of carbonyl (C=O) groups excluding carboxylic acids is 1. The second-order valence-corrected chi connectivity index (χ2v) is 4.75. The molecule has 7 nitrogen and oxygen atoms in total. The maximum absolute atomic E-state index is 11.6. The van der Waals surface area contributed by atoms with Crippen molar-refractivity contribution in [2.45, 2.75) is 12.1 Å². The van der Waals surface area contributed by atoms with E-state index < -0.39 is 5.97 Å². The number of methoxy groups -OCH3 is 1. The van der Waals surface area contributed by atoms with Gasteiger partial charge >= 0.3 is 5.97 Å². The second kappa shape index (κ2) is 5.10. The molecule has 2 fully saturated rings. The summed E-state index contributed by atoms with van der Waals surface area (Å²) in [6.07, 6.45) is 2.94. The molecule has 3 heterocycles.